The van der Waals surface area contributed by atoms with Crippen LogP contribution in [0, 0.1) is 0 Å². The lowest BCUT2D eigenvalue weighted by Crippen LogP contribution is -2.31. The van der Waals surface area contributed by atoms with Crippen LogP contribution in [0.15, 0.2) is 77.7 Å². The molecular formula is C26H31N3O3S2. The van der Waals surface area contributed by atoms with E-state index in [-0.39, 0.29) is 18.0 Å². The van der Waals surface area contributed by atoms with E-state index in [1.165, 1.54) is 57.6 Å². The summed E-state index contributed by atoms with van der Waals surface area (Å²) in [5.74, 6) is 0.00954. The van der Waals surface area contributed by atoms with Gasteiger partial charge in [-0.25, -0.2) is 8.42 Å². The number of thiazole rings is 1. The van der Waals surface area contributed by atoms with Crippen LogP contribution in [-0.2, 0) is 16.6 Å². The number of benzene rings is 2. The normalized spacial score (nSPS) is 12.6. The van der Waals surface area contributed by atoms with Crippen molar-refractivity contribution >= 4 is 37.5 Å². The zero-order valence-electron chi connectivity index (χ0n) is 19.9. The molecule has 0 unspecified atom stereocenters. The highest BCUT2D eigenvalue weighted by Crippen LogP contribution is 2.24. The van der Waals surface area contributed by atoms with E-state index in [4.69, 9.17) is 0 Å². The molecule has 3 rings (SSSR count). The highest BCUT2D eigenvalue weighted by Gasteiger charge is 2.22. The molecule has 1 aromatic heterocycles. The predicted molar refractivity (Wildman–Crippen MR) is 140 cm³/mol. The van der Waals surface area contributed by atoms with Crippen molar-refractivity contribution in [3.63, 3.8) is 0 Å². The van der Waals surface area contributed by atoms with Crippen molar-refractivity contribution in [2.24, 2.45) is 4.99 Å². The number of aromatic nitrogens is 1. The molecule has 0 fully saturated rings. The third-order valence-corrected chi connectivity index (χ3v) is 8.31. The Kier molecular flexibility index (Phi) is 8.41. The first-order valence-electron chi connectivity index (χ1n) is 11.3. The van der Waals surface area contributed by atoms with E-state index < -0.39 is 15.9 Å². The van der Waals surface area contributed by atoms with Crippen LogP contribution >= 0.6 is 11.3 Å². The van der Waals surface area contributed by atoms with Gasteiger partial charge < -0.3 is 4.57 Å². The summed E-state index contributed by atoms with van der Waals surface area (Å²) < 4.78 is 30.2. The molecule has 0 N–H and O–H groups in total. The largest absolute Gasteiger partial charge is 0.316 e. The van der Waals surface area contributed by atoms with Crippen molar-refractivity contribution in [1.82, 2.24) is 8.87 Å². The lowest BCUT2D eigenvalue weighted by Gasteiger charge is -2.19. The molecule has 2 aromatic carbocycles. The van der Waals surface area contributed by atoms with E-state index in [0.717, 1.165) is 23.2 Å². The molecule has 0 aliphatic heterocycles. The quantitative estimate of drug-likeness (QED) is 0.355. The average Bonchev–Trinajstić information content (AvgIpc) is 3.15. The summed E-state index contributed by atoms with van der Waals surface area (Å²) in [6, 6.07) is 12.3. The summed E-state index contributed by atoms with van der Waals surface area (Å²) >= 11 is 1.49. The highest BCUT2D eigenvalue weighted by molar-refractivity contribution is 7.89. The van der Waals surface area contributed by atoms with Crippen LogP contribution in [0.2, 0.25) is 0 Å². The molecular weight excluding hydrogens is 466 g/mol. The van der Waals surface area contributed by atoms with E-state index in [9.17, 15) is 13.2 Å². The van der Waals surface area contributed by atoms with Gasteiger partial charge >= 0.3 is 0 Å². The SMILES string of the molecule is C=CCN(CC=C)S(=O)(=O)c1ccc(C(=O)N=c2sc3cc(C(C)C)ccc3n2CCC)cc1. The maximum Gasteiger partial charge on any atom is 0.279 e. The predicted octanol–water partition coefficient (Wildman–Crippen LogP) is 5.34. The van der Waals surface area contributed by atoms with Crippen molar-refractivity contribution in [3.8, 4) is 0 Å². The van der Waals surface area contributed by atoms with Crippen LogP contribution in [0.1, 0.15) is 49.0 Å². The molecule has 180 valence electrons. The third-order valence-electron chi connectivity index (χ3n) is 5.42. The molecule has 1 heterocycles. The molecule has 0 spiro atoms. The zero-order chi connectivity index (χ0) is 24.9. The second-order valence-electron chi connectivity index (χ2n) is 8.26. The van der Waals surface area contributed by atoms with Gasteiger partial charge in [-0.15, -0.1) is 13.2 Å². The Hall–Kier alpha value is -2.81. The average molecular weight is 498 g/mol. The van der Waals surface area contributed by atoms with Gasteiger partial charge in [-0.1, -0.05) is 50.3 Å². The molecule has 0 aliphatic carbocycles. The summed E-state index contributed by atoms with van der Waals surface area (Å²) in [7, 11) is -3.72. The molecule has 34 heavy (non-hydrogen) atoms. The van der Waals surface area contributed by atoms with Crippen molar-refractivity contribution in [3.05, 3.63) is 83.7 Å². The minimum Gasteiger partial charge on any atom is -0.316 e. The van der Waals surface area contributed by atoms with Crippen LogP contribution in [0.4, 0.5) is 0 Å². The first kappa shape index (κ1) is 25.8. The fraction of sp³-hybridized carbons (Fsp3) is 0.308. The van der Waals surface area contributed by atoms with Gasteiger partial charge in [0.2, 0.25) is 10.0 Å². The Morgan fingerprint density at radius 2 is 1.76 bits per heavy atom. The van der Waals surface area contributed by atoms with E-state index in [0.29, 0.717) is 16.3 Å². The first-order chi connectivity index (χ1) is 16.2. The van der Waals surface area contributed by atoms with Gasteiger partial charge in [-0.05, 0) is 54.3 Å². The molecule has 8 heteroatoms. The number of sulfonamides is 1. The van der Waals surface area contributed by atoms with Crippen LogP contribution in [0.5, 0.6) is 0 Å². The molecule has 6 nitrogen and oxygen atoms in total. The van der Waals surface area contributed by atoms with Gasteiger partial charge in [0.25, 0.3) is 5.91 Å². The van der Waals surface area contributed by atoms with Gasteiger partial charge in [0.1, 0.15) is 0 Å². The molecule has 3 aromatic rings. The number of hydrogen-bond donors (Lipinski definition) is 0. The smallest absolute Gasteiger partial charge is 0.279 e. The fourth-order valence-corrected chi connectivity index (χ4v) is 6.09. The van der Waals surface area contributed by atoms with E-state index in [1.807, 2.05) is 0 Å². The van der Waals surface area contributed by atoms with E-state index in [2.05, 4.69) is 61.7 Å². The number of nitrogens with zero attached hydrogens (tertiary/aromatic N) is 3. The van der Waals surface area contributed by atoms with Crippen LogP contribution in [-0.4, -0.2) is 36.3 Å². The molecule has 0 saturated carbocycles. The summed E-state index contributed by atoms with van der Waals surface area (Å²) in [5.41, 5.74) is 2.64. The minimum atomic E-state index is -3.72. The number of rotatable bonds is 10. The molecule has 0 aliphatic rings. The minimum absolute atomic E-state index is 0.108. The van der Waals surface area contributed by atoms with Crippen molar-refractivity contribution < 1.29 is 13.2 Å². The maximum absolute atomic E-state index is 13.0. The third kappa shape index (κ3) is 5.46. The lowest BCUT2D eigenvalue weighted by atomic mass is 10.0. The Morgan fingerprint density at radius 3 is 2.32 bits per heavy atom. The summed E-state index contributed by atoms with van der Waals surface area (Å²) in [6.07, 6.45) is 3.97. The summed E-state index contributed by atoms with van der Waals surface area (Å²) in [5, 5.41) is 0. The number of aryl methyl sites for hydroxylation is 1. The van der Waals surface area contributed by atoms with E-state index in [1.54, 1.807) is 0 Å². The topological polar surface area (TPSA) is 71.7 Å². The second kappa shape index (κ2) is 11.1. The number of hydrogen-bond acceptors (Lipinski definition) is 4. The van der Waals surface area contributed by atoms with Crippen LogP contribution in [0.25, 0.3) is 10.2 Å². The lowest BCUT2D eigenvalue weighted by molar-refractivity contribution is 0.0997. The monoisotopic (exact) mass is 497 g/mol. The zero-order valence-corrected chi connectivity index (χ0v) is 21.5. The van der Waals surface area contributed by atoms with E-state index >= 15 is 0 Å². The Bertz CT molecular complexity index is 1350. The number of carbonyl (C=O) groups excluding carboxylic acids is 1. The summed E-state index contributed by atoms with van der Waals surface area (Å²) in [6.45, 7) is 14.7. The number of fused-ring (bicyclic) bond motifs is 1. The first-order valence-corrected chi connectivity index (χ1v) is 13.5. The van der Waals surface area contributed by atoms with Crippen molar-refractivity contribution in [2.75, 3.05) is 13.1 Å². The van der Waals surface area contributed by atoms with Gasteiger partial charge in [0.15, 0.2) is 4.80 Å². The molecule has 0 saturated heterocycles. The van der Waals surface area contributed by atoms with Crippen LogP contribution < -0.4 is 4.80 Å². The second-order valence-corrected chi connectivity index (χ2v) is 11.2. The highest BCUT2D eigenvalue weighted by atomic mass is 32.2. The van der Waals surface area contributed by atoms with Gasteiger partial charge in [0.05, 0.1) is 15.1 Å². The van der Waals surface area contributed by atoms with Crippen molar-refractivity contribution in [1.29, 1.82) is 0 Å². The molecule has 0 atom stereocenters. The Morgan fingerprint density at radius 1 is 1.12 bits per heavy atom. The maximum atomic E-state index is 13.0. The Balaban J connectivity index is 1.97. The fourth-order valence-electron chi connectivity index (χ4n) is 3.60. The van der Waals surface area contributed by atoms with Gasteiger partial charge in [0, 0.05) is 25.2 Å². The van der Waals surface area contributed by atoms with Gasteiger partial charge in [-0.3, -0.25) is 4.79 Å². The van der Waals surface area contributed by atoms with Gasteiger partial charge in [-0.2, -0.15) is 9.30 Å². The standard InChI is InChI=1S/C26H31N3O3S2/c1-6-15-28(16-7-2)34(31,32)22-12-9-20(10-13-22)25(30)27-26-29(17-8-3)23-14-11-21(19(4)5)18-24(23)33-26/h6-7,9-14,18-19H,1-2,8,15-17H2,3-5H3. The number of amides is 1. The van der Waals surface area contributed by atoms with Crippen LogP contribution in [0.3, 0.4) is 0 Å². The van der Waals surface area contributed by atoms with Crippen molar-refractivity contribution in [2.45, 2.75) is 44.6 Å². The summed E-state index contributed by atoms with van der Waals surface area (Å²) in [4.78, 5) is 18.1. The molecule has 0 bridgehead atoms. The molecule has 0 radical (unpaired) electrons. The Labute approximate surface area is 205 Å². The number of carbonyl (C=O) groups is 1. The molecule has 1 amide bonds.